The van der Waals surface area contributed by atoms with Crippen LogP contribution in [0.15, 0.2) is 0 Å². The molecule has 0 unspecified atom stereocenters. The molecule has 0 atom stereocenters. The third-order valence-corrected chi connectivity index (χ3v) is 1.34. The van der Waals surface area contributed by atoms with E-state index in [9.17, 15) is 0 Å². The van der Waals surface area contributed by atoms with E-state index < -0.39 is 8.60 Å². The van der Waals surface area contributed by atoms with Gasteiger partial charge in [0.2, 0.25) is 0 Å². The minimum atomic E-state index is -1.05. The van der Waals surface area contributed by atoms with Crippen LogP contribution in [0.3, 0.4) is 0 Å². The molecule has 0 aromatic heterocycles. The molecule has 0 fully saturated rings. The number of hydrogen-bond acceptors (Lipinski definition) is 7. The monoisotopic (exact) mass is 338 g/mol. The first-order chi connectivity index (χ1) is 7.35. The maximum atomic E-state index is 7.50. The van der Waals surface area contributed by atoms with E-state index in [4.69, 9.17) is 19.2 Å². The third kappa shape index (κ3) is 68.7. The smallest absolute Gasteiger partial charge is 0.316 e. The summed E-state index contributed by atoms with van der Waals surface area (Å²) in [5.74, 6) is 0. The van der Waals surface area contributed by atoms with Gasteiger partial charge in [-0.2, -0.15) is 0 Å². The molecule has 8 radical (unpaired) electrons. The average molecular weight is 337 g/mol. The number of carbonyl (C=O) groups excluding carboxylic acids is 4. The van der Waals surface area contributed by atoms with Gasteiger partial charge >= 0.3 is 8.60 Å². The van der Waals surface area contributed by atoms with Crippen LogP contribution in [0.4, 0.5) is 0 Å². The van der Waals surface area contributed by atoms with Gasteiger partial charge in [0, 0.05) is 40.8 Å². The molecule has 0 spiro atoms. The topological polar surface area (TPSA) is 96.0 Å². The van der Waals surface area contributed by atoms with E-state index in [-0.39, 0.29) is 19.5 Å². The Labute approximate surface area is 110 Å². The molecule has 92 valence electrons. The number of hydrogen-bond donors (Lipinski definition) is 0. The predicted molar refractivity (Wildman–Crippen MR) is 50.7 cm³/mol. The van der Waals surface area contributed by atoms with Gasteiger partial charge in [-0.1, -0.05) is 0 Å². The van der Waals surface area contributed by atoms with Gasteiger partial charge in [-0.05, 0) is 0 Å². The van der Waals surface area contributed by atoms with Crippen molar-refractivity contribution in [3.8, 4) is 0 Å². The van der Waals surface area contributed by atoms with Gasteiger partial charge in [-0.15, -0.1) is 0 Å². The first-order valence-corrected chi connectivity index (χ1v) is 3.68. The summed E-state index contributed by atoms with van der Waals surface area (Å²) < 4.78 is 14.0. The first kappa shape index (κ1) is 36.1. The van der Waals surface area contributed by atoms with Gasteiger partial charge in [0.15, 0.2) is 0 Å². The molecule has 0 aromatic rings. The average Bonchev–Trinajstić information content (AvgIpc) is 2.41. The zero-order valence-corrected chi connectivity index (χ0v) is 11.3. The normalized spacial score (nSPS) is 5.50. The molecule has 0 N–H and O–H groups in total. The van der Waals surface area contributed by atoms with Gasteiger partial charge in [0.05, 0.1) is 0 Å². The van der Waals surface area contributed by atoms with Crippen molar-refractivity contribution in [2.24, 2.45) is 0 Å². The van der Waals surface area contributed by atoms with Gasteiger partial charge in [0.1, 0.15) is 0 Å². The third-order valence-electron chi connectivity index (χ3n) is 0.447. The van der Waals surface area contributed by atoms with E-state index in [1.165, 1.54) is 0 Å². The van der Waals surface area contributed by atoms with Gasteiger partial charge in [-0.3, -0.25) is 19.2 Å². The summed E-state index contributed by atoms with van der Waals surface area (Å²) in [6, 6.07) is 0. The van der Waals surface area contributed by atoms with Crippen LogP contribution < -0.4 is 0 Å². The summed E-state index contributed by atoms with van der Waals surface area (Å²) in [4.78, 5) is 30.0. The molecule has 0 saturated heterocycles. The van der Waals surface area contributed by atoms with Crippen LogP contribution in [0.25, 0.3) is 0 Å². The Bertz CT molecular complexity index is 73.6. The van der Waals surface area contributed by atoms with Crippen molar-refractivity contribution in [2.45, 2.75) is 0 Å². The van der Waals surface area contributed by atoms with Crippen molar-refractivity contribution in [2.75, 3.05) is 21.3 Å². The largest absolute Gasteiger partial charge is 0.331 e. The van der Waals surface area contributed by atoms with Crippen molar-refractivity contribution >= 4 is 35.8 Å². The Morgan fingerprint density at radius 3 is 0.750 bits per heavy atom. The molecule has 0 aliphatic heterocycles. The molecule has 7 nitrogen and oxygen atoms in total. The fraction of sp³-hybridized carbons (Fsp3) is 0.429. The first-order valence-electron chi connectivity index (χ1n) is 2.59. The summed E-state index contributed by atoms with van der Waals surface area (Å²) in [6.07, 6.45) is 0. The van der Waals surface area contributed by atoms with Crippen molar-refractivity contribution in [1.82, 2.24) is 0 Å². The van der Waals surface area contributed by atoms with E-state index in [0.717, 1.165) is 0 Å². The summed E-state index contributed by atoms with van der Waals surface area (Å²) >= 11 is 0. The molecular formula is C7H9O7PRu. The summed E-state index contributed by atoms with van der Waals surface area (Å²) in [6.45, 7) is 18.0. The van der Waals surface area contributed by atoms with E-state index in [0.29, 0.717) is 0 Å². The Hall–Kier alpha value is -0.387. The molecule has 0 bridgehead atoms. The maximum absolute atomic E-state index is 7.50. The second kappa shape index (κ2) is 85.9. The van der Waals surface area contributed by atoms with E-state index >= 15 is 0 Å². The molecule has 0 rings (SSSR count). The van der Waals surface area contributed by atoms with Crippen LogP contribution in [-0.2, 0) is 52.2 Å². The van der Waals surface area contributed by atoms with Crippen LogP contribution in [0, 0.1) is 0 Å². The molecule has 0 aromatic carbocycles. The van der Waals surface area contributed by atoms with Crippen LogP contribution in [0.5, 0.6) is 0 Å². The fourth-order valence-electron chi connectivity index (χ4n) is 0.224. The Morgan fingerprint density at radius 1 is 0.625 bits per heavy atom. The zero-order chi connectivity index (χ0) is 13.7. The SMILES string of the molecule is COP(OC)OC.[C]=O.[C]=O.[C]=O.[C]=O.[Ru]. The quantitative estimate of drug-likeness (QED) is 0.509. The van der Waals surface area contributed by atoms with E-state index in [2.05, 4.69) is 40.7 Å². The van der Waals surface area contributed by atoms with Crippen LogP contribution in [0.2, 0.25) is 0 Å². The minimum absolute atomic E-state index is 0. The van der Waals surface area contributed by atoms with Crippen molar-refractivity contribution in [1.29, 1.82) is 0 Å². The second-order valence-corrected chi connectivity index (χ2v) is 2.31. The van der Waals surface area contributed by atoms with Gasteiger partial charge in [0.25, 0.3) is 27.2 Å². The molecule has 0 aliphatic carbocycles. The van der Waals surface area contributed by atoms with Gasteiger partial charge < -0.3 is 13.6 Å². The van der Waals surface area contributed by atoms with Gasteiger partial charge in [-0.25, -0.2) is 0 Å². The predicted octanol–water partition coefficient (Wildman–Crippen LogP) is -0.438. The van der Waals surface area contributed by atoms with E-state index in [1.807, 2.05) is 0 Å². The van der Waals surface area contributed by atoms with Crippen LogP contribution in [0.1, 0.15) is 0 Å². The molecule has 0 amide bonds. The molecule has 0 aliphatic rings. The summed E-state index contributed by atoms with van der Waals surface area (Å²) in [5.41, 5.74) is 0. The van der Waals surface area contributed by atoms with Crippen molar-refractivity contribution in [3.63, 3.8) is 0 Å². The van der Waals surface area contributed by atoms with Crippen molar-refractivity contribution in [3.05, 3.63) is 0 Å². The van der Waals surface area contributed by atoms with E-state index in [1.54, 1.807) is 21.3 Å². The zero-order valence-electron chi connectivity index (χ0n) is 8.66. The summed E-state index contributed by atoms with van der Waals surface area (Å²) in [7, 11) is 3.57. The standard InChI is InChI=1S/C3H9O3P.4CO.Ru/c1-4-7(5-2)6-3;4*1-2;/h1-3H3;;;;;. The fourth-order valence-corrected chi connectivity index (χ4v) is 0.671. The van der Waals surface area contributed by atoms with Crippen molar-refractivity contribution < 1.29 is 52.2 Å². The molecule has 0 heterocycles. The van der Waals surface area contributed by atoms with Crippen LogP contribution in [-0.4, -0.2) is 48.5 Å². The molecule has 16 heavy (non-hydrogen) atoms. The minimum Gasteiger partial charge on any atom is -0.316 e. The maximum Gasteiger partial charge on any atom is 0.331 e. The molecule has 0 saturated carbocycles. The summed E-state index contributed by atoms with van der Waals surface area (Å²) in [5, 5.41) is 0. The Kier molecular flexibility index (Phi) is 194. The second-order valence-electron chi connectivity index (χ2n) is 0.771. The molecule has 9 heteroatoms. The molecular weight excluding hydrogens is 328 g/mol. The number of rotatable bonds is 3. The Morgan fingerprint density at radius 2 is 0.750 bits per heavy atom. The van der Waals surface area contributed by atoms with Crippen LogP contribution >= 0.6 is 8.60 Å². The Balaban J connectivity index is -0.0000000238.